The third-order valence-electron chi connectivity index (χ3n) is 4.52. The van der Waals surface area contributed by atoms with Crippen LogP contribution in [0.1, 0.15) is 48.2 Å². The first kappa shape index (κ1) is 14.1. The van der Waals surface area contributed by atoms with Crippen molar-refractivity contribution in [2.45, 2.75) is 32.1 Å². The van der Waals surface area contributed by atoms with E-state index in [4.69, 9.17) is 5.73 Å². The number of hydrogen-bond donors (Lipinski definition) is 2. The van der Waals surface area contributed by atoms with Gasteiger partial charge in [-0.25, -0.2) is 0 Å². The topological polar surface area (TPSA) is 62.1 Å². The maximum atomic E-state index is 11.5. The fraction of sp³-hybridized carbons (Fsp3) is 0.471. The zero-order valence-corrected chi connectivity index (χ0v) is 12.6. The van der Waals surface area contributed by atoms with Gasteiger partial charge < -0.3 is 15.6 Å². The predicted molar refractivity (Wildman–Crippen MR) is 85.5 cm³/mol. The van der Waals surface area contributed by atoms with Gasteiger partial charge in [0.25, 0.3) is 0 Å². The number of carbonyl (C=O) groups is 1. The second-order valence-corrected chi connectivity index (χ2v) is 5.97. The largest absolute Gasteiger partial charge is 0.366 e. The maximum Gasteiger partial charge on any atom is 0.249 e. The van der Waals surface area contributed by atoms with Gasteiger partial charge in [0.05, 0.1) is 0 Å². The summed E-state index contributed by atoms with van der Waals surface area (Å²) in [5.74, 6) is 0.204. The lowest BCUT2D eigenvalue weighted by molar-refractivity contribution is 0.100. The molecule has 3 rings (SSSR count). The summed E-state index contributed by atoms with van der Waals surface area (Å²) in [5.41, 5.74) is 8.33. The second kappa shape index (κ2) is 5.90. The zero-order chi connectivity index (χ0) is 14.8. The number of nitrogens with two attached hydrogens (primary N) is 1. The van der Waals surface area contributed by atoms with E-state index in [0.29, 0.717) is 11.5 Å². The summed E-state index contributed by atoms with van der Waals surface area (Å²) in [7, 11) is 0. The highest BCUT2D eigenvalue weighted by Gasteiger charge is 2.22. The van der Waals surface area contributed by atoms with Crippen molar-refractivity contribution in [2.75, 3.05) is 19.6 Å². The number of carbonyl (C=O) groups excluding carboxylic acids is 1. The lowest BCUT2D eigenvalue weighted by atomic mass is 9.93. The van der Waals surface area contributed by atoms with E-state index in [9.17, 15) is 4.79 Å². The molecule has 0 bridgehead atoms. The van der Waals surface area contributed by atoms with Gasteiger partial charge in [-0.15, -0.1) is 0 Å². The fourth-order valence-electron chi connectivity index (χ4n) is 3.40. The number of aromatic nitrogens is 1. The van der Waals surface area contributed by atoms with E-state index in [0.717, 1.165) is 24.0 Å². The Morgan fingerprint density at radius 3 is 2.81 bits per heavy atom. The Labute approximate surface area is 125 Å². The second-order valence-electron chi connectivity index (χ2n) is 5.97. The van der Waals surface area contributed by atoms with Crippen LogP contribution < -0.4 is 5.73 Å². The summed E-state index contributed by atoms with van der Waals surface area (Å²) in [5, 5.41) is 0.955. The summed E-state index contributed by atoms with van der Waals surface area (Å²) < 4.78 is 0. The number of benzene rings is 1. The van der Waals surface area contributed by atoms with Crippen LogP contribution in [0.4, 0.5) is 0 Å². The third kappa shape index (κ3) is 2.81. The number of H-pyrrole nitrogens is 1. The minimum absolute atomic E-state index is 0.357. The van der Waals surface area contributed by atoms with Crippen molar-refractivity contribution in [3.63, 3.8) is 0 Å². The molecule has 2 aromatic rings. The molecule has 1 aromatic heterocycles. The molecule has 4 heteroatoms. The van der Waals surface area contributed by atoms with E-state index in [1.807, 2.05) is 12.1 Å². The van der Waals surface area contributed by atoms with Crippen LogP contribution in [0, 0.1) is 0 Å². The number of amides is 1. The normalized spacial score (nSPS) is 17.4. The Hall–Kier alpha value is -1.81. The first-order valence-electron chi connectivity index (χ1n) is 7.83. The van der Waals surface area contributed by atoms with Crippen molar-refractivity contribution in [1.82, 2.24) is 9.88 Å². The van der Waals surface area contributed by atoms with E-state index in [1.165, 1.54) is 31.5 Å². The molecule has 0 spiro atoms. The standard InChI is InChI=1S/C17H23N3O/c1-2-8-20-9-6-12(7-10-20)16-11-14-13(17(18)21)4-3-5-15(14)19-16/h3-5,11-12,19H,2,6-10H2,1H3,(H2,18,21). The molecule has 4 nitrogen and oxygen atoms in total. The molecule has 2 heterocycles. The molecule has 1 aromatic carbocycles. The highest BCUT2D eigenvalue weighted by atomic mass is 16.1. The fourth-order valence-corrected chi connectivity index (χ4v) is 3.40. The molecule has 0 aliphatic carbocycles. The first-order valence-corrected chi connectivity index (χ1v) is 7.83. The summed E-state index contributed by atoms with van der Waals surface area (Å²) in [4.78, 5) is 17.5. The van der Waals surface area contributed by atoms with E-state index in [2.05, 4.69) is 22.9 Å². The molecule has 0 unspecified atom stereocenters. The molecule has 1 aliphatic rings. The molecule has 0 atom stereocenters. The lowest BCUT2D eigenvalue weighted by Gasteiger charge is -2.31. The molecular weight excluding hydrogens is 262 g/mol. The number of aromatic amines is 1. The van der Waals surface area contributed by atoms with Gasteiger partial charge in [-0.05, 0) is 57.1 Å². The van der Waals surface area contributed by atoms with Crippen molar-refractivity contribution in [2.24, 2.45) is 5.73 Å². The molecule has 0 saturated carbocycles. The maximum absolute atomic E-state index is 11.5. The zero-order valence-electron chi connectivity index (χ0n) is 12.6. The Balaban J connectivity index is 1.82. The van der Waals surface area contributed by atoms with Crippen LogP contribution in [-0.4, -0.2) is 35.4 Å². The van der Waals surface area contributed by atoms with Crippen LogP contribution in [0.3, 0.4) is 0 Å². The van der Waals surface area contributed by atoms with Crippen LogP contribution in [0.5, 0.6) is 0 Å². The summed E-state index contributed by atoms with van der Waals surface area (Å²) in [6, 6.07) is 7.81. The summed E-state index contributed by atoms with van der Waals surface area (Å²) in [6.07, 6.45) is 3.58. The van der Waals surface area contributed by atoms with Gasteiger partial charge in [0.1, 0.15) is 0 Å². The van der Waals surface area contributed by atoms with Crippen molar-refractivity contribution in [1.29, 1.82) is 0 Å². The SMILES string of the molecule is CCCN1CCC(c2cc3c(C(N)=O)cccc3[nH]2)CC1. The van der Waals surface area contributed by atoms with Gasteiger partial charge in [0, 0.05) is 28.1 Å². The quantitative estimate of drug-likeness (QED) is 0.907. The Morgan fingerprint density at radius 2 is 2.14 bits per heavy atom. The molecule has 3 N–H and O–H groups in total. The predicted octanol–water partition coefficient (Wildman–Crippen LogP) is 2.86. The monoisotopic (exact) mass is 285 g/mol. The summed E-state index contributed by atoms with van der Waals surface area (Å²) >= 11 is 0. The molecule has 0 radical (unpaired) electrons. The molecule has 1 aliphatic heterocycles. The highest BCUT2D eigenvalue weighted by Crippen LogP contribution is 2.31. The van der Waals surface area contributed by atoms with Gasteiger partial charge in [-0.2, -0.15) is 0 Å². The third-order valence-corrected chi connectivity index (χ3v) is 4.52. The number of rotatable bonds is 4. The molecular formula is C17H23N3O. The Bertz CT molecular complexity index is 639. The molecule has 21 heavy (non-hydrogen) atoms. The van der Waals surface area contributed by atoms with E-state index >= 15 is 0 Å². The minimum atomic E-state index is -0.357. The molecule has 112 valence electrons. The first-order chi connectivity index (χ1) is 10.2. The van der Waals surface area contributed by atoms with Crippen LogP contribution in [0.25, 0.3) is 10.9 Å². The van der Waals surface area contributed by atoms with E-state index in [-0.39, 0.29) is 5.91 Å². The van der Waals surface area contributed by atoms with E-state index < -0.39 is 0 Å². The molecule has 1 fully saturated rings. The summed E-state index contributed by atoms with van der Waals surface area (Å²) in [6.45, 7) is 5.76. The highest BCUT2D eigenvalue weighted by molar-refractivity contribution is 6.05. The van der Waals surface area contributed by atoms with Crippen molar-refractivity contribution in [3.8, 4) is 0 Å². The van der Waals surface area contributed by atoms with Crippen LogP contribution >= 0.6 is 0 Å². The van der Waals surface area contributed by atoms with Gasteiger partial charge in [-0.1, -0.05) is 13.0 Å². The van der Waals surface area contributed by atoms with Crippen molar-refractivity contribution < 1.29 is 4.79 Å². The van der Waals surface area contributed by atoms with Gasteiger partial charge >= 0.3 is 0 Å². The van der Waals surface area contributed by atoms with Gasteiger partial charge in [0.15, 0.2) is 0 Å². The number of likely N-dealkylation sites (tertiary alicyclic amines) is 1. The smallest absolute Gasteiger partial charge is 0.249 e. The molecule has 1 saturated heterocycles. The van der Waals surface area contributed by atoms with Crippen LogP contribution in [-0.2, 0) is 0 Å². The molecule has 1 amide bonds. The number of primary amides is 1. The van der Waals surface area contributed by atoms with Gasteiger partial charge in [0.2, 0.25) is 5.91 Å². The average Bonchev–Trinajstić information content (AvgIpc) is 2.92. The van der Waals surface area contributed by atoms with Crippen molar-refractivity contribution in [3.05, 3.63) is 35.5 Å². The van der Waals surface area contributed by atoms with Crippen molar-refractivity contribution >= 4 is 16.8 Å². The number of piperidine rings is 1. The Morgan fingerprint density at radius 1 is 1.38 bits per heavy atom. The van der Waals surface area contributed by atoms with Crippen LogP contribution in [0.2, 0.25) is 0 Å². The number of nitrogens with one attached hydrogen (secondary N) is 1. The minimum Gasteiger partial charge on any atom is -0.366 e. The number of fused-ring (bicyclic) bond motifs is 1. The van der Waals surface area contributed by atoms with E-state index in [1.54, 1.807) is 6.07 Å². The lowest BCUT2D eigenvalue weighted by Crippen LogP contribution is -2.33. The average molecular weight is 285 g/mol. The number of hydrogen-bond acceptors (Lipinski definition) is 2. The Kier molecular flexibility index (Phi) is 3.97. The number of nitrogens with zero attached hydrogens (tertiary/aromatic N) is 1. The van der Waals surface area contributed by atoms with Gasteiger partial charge in [-0.3, -0.25) is 4.79 Å². The van der Waals surface area contributed by atoms with Crippen LogP contribution in [0.15, 0.2) is 24.3 Å².